The normalized spacial score (nSPS) is 22.7. The van der Waals surface area contributed by atoms with Crippen LogP contribution in [0, 0.1) is 5.41 Å². The standard InChI is InChI=1S/C26H32N2O4/c1-3-27-25(30)26(14-15-28(18-26)24(29)23-9-6-16-32-23)17-19-10-12-20(13-11-19)21-7-4-5-8-22(21)31-2/h4-5,7-8,10-13,23H,3,6,9,14-18H2,1-2H3,(H,27,30)/t23-,26+/m1/s1. The number of para-hydroxylation sites is 1. The van der Waals surface area contributed by atoms with Gasteiger partial charge in [-0.25, -0.2) is 0 Å². The second-order valence-electron chi connectivity index (χ2n) is 8.73. The smallest absolute Gasteiger partial charge is 0.251 e. The van der Waals surface area contributed by atoms with E-state index in [1.54, 1.807) is 7.11 Å². The van der Waals surface area contributed by atoms with E-state index in [2.05, 4.69) is 29.6 Å². The molecule has 0 bridgehead atoms. The molecule has 32 heavy (non-hydrogen) atoms. The van der Waals surface area contributed by atoms with Gasteiger partial charge in [-0.2, -0.15) is 0 Å². The molecular formula is C26H32N2O4. The zero-order valence-electron chi connectivity index (χ0n) is 18.9. The number of methoxy groups -OCH3 is 1. The maximum atomic E-state index is 13.1. The lowest BCUT2D eigenvalue weighted by Crippen LogP contribution is -2.46. The fraction of sp³-hybridized carbons (Fsp3) is 0.462. The summed E-state index contributed by atoms with van der Waals surface area (Å²) in [5.41, 5.74) is 2.58. The Balaban J connectivity index is 1.53. The molecule has 6 nitrogen and oxygen atoms in total. The summed E-state index contributed by atoms with van der Waals surface area (Å²) >= 11 is 0. The summed E-state index contributed by atoms with van der Waals surface area (Å²) < 4.78 is 11.1. The summed E-state index contributed by atoms with van der Waals surface area (Å²) in [6.07, 6.45) is 2.60. The fourth-order valence-corrected chi connectivity index (χ4v) is 4.87. The number of carbonyl (C=O) groups excluding carboxylic acids is 2. The first-order valence-electron chi connectivity index (χ1n) is 11.5. The highest BCUT2D eigenvalue weighted by Crippen LogP contribution is 2.37. The quantitative estimate of drug-likeness (QED) is 0.722. The predicted molar refractivity (Wildman–Crippen MR) is 123 cm³/mol. The molecule has 2 amide bonds. The maximum Gasteiger partial charge on any atom is 0.251 e. The van der Waals surface area contributed by atoms with Gasteiger partial charge in [-0.3, -0.25) is 9.59 Å². The molecule has 4 rings (SSSR count). The van der Waals surface area contributed by atoms with Crippen molar-refractivity contribution in [3.05, 3.63) is 54.1 Å². The van der Waals surface area contributed by atoms with Crippen molar-refractivity contribution in [2.45, 2.75) is 38.7 Å². The van der Waals surface area contributed by atoms with Gasteiger partial charge in [0.05, 0.1) is 12.5 Å². The number of nitrogens with zero attached hydrogens (tertiary/aromatic N) is 1. The van der Waals surface area contributed by atoms with Crippen molar-refractivity contribution in [1.29, 1.82) is 0 Å². The van der Waals surface area contributed by atoms with E-state index in [-0.39, 0.29) is 17.9 Å². The van der Waals surface area contributed by atoms with Gasteiger partial charge in [0.25, 0.3) is 5.91 Å². The van der Waals surface area contributed by atoms with Gasteiger partial charge in [0.15, 0.2) is 0 Å². The number of hydrogen-bond donors (Lipinski definition) is 1. The van der Waals surface area contributed by atoms with Crippen LogP contribution in [0.25, 0.3) is 11.1 Å². The van der Waals surface area contributed by atoms with E-state index < -0.39 is 5.41 Å². The highest BCUT2D eigenvalue weighted by Gasteiger charge is 2.47. The average molecular weight is 437 g/mol. The zero-order chi connectivity index (χ0) is 22.6. The molecule has 2 aromatic rings. The molecule has 2 saturated heterocycles. The van der Waals surface area contributed by atoms with Gasteiger partial charge < -0.3 is 19.7 Å². The summed E-state index contributed by atoms with van der Waals surface area (Å²) in [7, 11) is 1.67. The minimum atomic E-state index is -0.615. The largest absolute Gasteiger partial charge is 0.496 e. The molecule has 0 aliphatic carbocycles. The lowest BCUT2D eigenvalue weighted by molar-refractivity contribution is -0.141. The molecule has 0 saturated carbocycles. The SMILES string of the molecule is CCNC(=O)[C@]1(Cc2ccc(-c3ccccc3OC)cc2)CCN(C(=O)[C@H]2CCCO2)C1. The molecule has 2 atom stereocenters. The van der Waals surface area contributed by atoms with Gasteiger partial charge in [-0.15, -0.1) is 0 Å². The fourth-order valence-electron chi connectivity index (χ4n) is 4.87. The predicted octanol–water partition coefficient (Wildman–Crippen LogP) is 3.44. The molecule has 2 aromatic carbocycles. The van der Waals surface area contributed by atoms with Crippen LogP contribution in [0.5, 0.6) is 5.75 Å². The van der Waals surface area contributed by atoms with Crippen LogP contribution in [0.2, 0.25) is 0 Å². The van der Waals surface area contributed by atoms with Crippen molar-refractivity contribution in [3.63, 3.8) is 0 Å². The Bertz CT molecular complexity index is 953. The average Bonchev–Trinajstić information content (AvgIpc) is 3.51. The molecule has 2 fully saturated rings. The Labute approximate surface area is 189 Å². The van der Waals surface area contributed by atoms with Gasteiger partial charge in [-0.1, -0.05) is 42.5 Å². The highest BCUT2D eigenvalue weighted by atomic mass is 16.5. The number of nitrogens with one attached hydrogen (secondary N) is 1. The van der Waals surface area contributed by atoms with Crippen LogP contribution in [-0.2, 0) is 20.7 Å². The Hall–Kier alpha value is -2.86. The van der Waals surface area contributed by atoms with Crippen molar-refractivity contribution in [3.8, 4) is 16.9 Å². The molecule has 0 unspecified atom stereocenters. The molecule has 170 valence electrons. The maximum absolute atomic E-state index is 13.1. The van der Waals surface area contributed by atoms with Crippen molar-refractivity contribution in [1.82, 2.24) is 10.2 Å². The minimum Gasteiger partial charge on any atom is -0.496 e. The van der Waals surface area contributed by atoms with Gasteiger partial charge in [-0.05, 0) is 49.8 Å². The van der Waals surface area contributed by atoms with Crippen molar-refractivity contribution in [2.75, 3.05) is 33.4 Å². The van der Waals surface area contributed by atoms with Crippen LogP contribution in [0.3, 0.4) is 0 Å². The Kier molecular flexibility index (Phi) is 6.80. The topological polar surface area (TPSA) is 67.9 Å². The summed E-state index contributed by atoms with van der Waals surface area (Å²) in [4.78, 5) is 27.9. The van der Waals surface area contributed by atoms with Gasteiger partial charge >= 0.3 is 0 Å². The van der Waals surface area contributed by atoms with Crippen LogP contribution >= 0.6 is 0 Å². The van der Waals surface area contributed by atoms with E-state index in [9.17, 15) is 9.59 Å². The summed E-state index contributed by atoms with van der Waals surface area (Å²) in [6.45, 7) is 4.18. The van der Waals surface area contributed by atoms with Crippen LogP contribution in [0.4, 0.5) is 0 Å². The molecule has 0 radical (unpaired) electrons. The van der Waals surface area contributed by atoms with Crippen molar-refractivity contribution >= 4 is 11.8 Å². The molecule has 0 spiro atoms. The molecule has 0 aromatic heterocycles. The van der Waals surface area contributed by atoms with Gasteiger partial charge in [0.1, 0.15) is 11.9 Å². The summed E-state index contributed by atoms with van der Waals surface area (Å²) in [6, 6.07) is 16.2. The molecular weight excluding hydrogens is 404 g/mol. The van der Waals surface area contributed by atoms with E-state index >= 15 is 0 Å². The number of hydrogen-bond acceptors (Lipinski definition) is 4. The van der Waals surface area contributed by atoms with E-state index in [1.807, 2.05) is 36.1 Å². The first kappa shape index (κ1) is 22.3. The van der Waals surface area contributed by atoms with Crippen molar-refractivity contribution in [2.24, 2.45) is 5.41 Å². The highest BCUT2D eigenvalue weighted by molar-refractivity contribution is 5.87. The van der Waals surface area contributed by atoms with E-state index in [1.165, 1.54) is 0 Å². The number of likely N-dealkylation sites (tertiary alicyclic amines) is 1. The monoisotopic (exact) mass is 436 g/mol. The van der Waals surface area contributed by atoms with Crippen LogP contribution in [0.1, 0.15) is 31.7 Å². The number of carbonyl (C=O) groups is 2. The zero-order valence-corrected chi connectivity index (χ0v) is 18.9. The summed E-state index contributed by atoms with van der Waals surface area (Å²) in [5.74, 6) is 0.884. The second kappa shape index (κ2) is 9.74. The number of amides is 2. The van der Waals surface area contributed by atoms with Gasteiger partial charge in [0.2, 0.25) is 5.91 Å². The lowest BCUT2D eigenvalue weighted by Gasteiger charge is -2.29. The van der Waals surface area contributed by atoms with Gasteiger partial charge in [0, 0.05) is 31.8 Å². The first-order valence-corrected chi connectivity index (χ1v) is 11.5. The van der Waals surface area contributed by atoms with E-state index in [0.29, 0.717) is 39.1 Å². The number of rotatable bonds is 7. The Morgan fingerprint density at radius 2 is 1.97 bits per heavy atom. The number of ether oxygens (including phenoxy) is 2. The first-order chi connectivity index (χ1) is 15.6. The number of benzene rings is 2. The Morgan fingerprint density at radius 1 is 1.19 bits per heavy atom. The van der Waals surface area contributed by atoms with Crippen LogP contribution < -0.4 is 10.1 Å². The molecule has 1 N–H and O–H groups in total. The second-order valence-corrected chi connectivity index (χ2v) is 8.73. The third kappa shape index (κ3) is 4.51. The van der Waals surface area contributed by atoms with Crippen LogP contribution in [-0.4, -0.2) is 56.2 Å². The summed E-state index contributed by atoms with van der Waals surface area (Å²) in [5, 5.41) is 3.01. The third-order valence-electron chi connectivity index (χ3n) is 6.60. The molecule has 2 aliphatic heterocycles. The van der Waals surface area contributed by atoms with Crippen LogP contribution in [0.15, 0.2) is 48.5 Å². The Morgan fingerprint density at radius 3 is 2.66 bits per heavy atom. The third-order valence-corrected chi connectivity index (χ3v) is 6.60. The minimum absolute atomic E-state index is 0.0245. The lowest BCUT2D eigenvalue weighted by atomic mass is 9.79. The molecule has 2 heterocycles. The van der Waals surface area contributed by atoms with Crippen molar-refractivity contribution < 1.29 is 19.1 Å². The molecule has 2 aliphatic rings. The molecule has 6 heteroatoms. The van der Waals surface area contributed by atoms with E-state index in [4.69, 9.17) is 9.47 Å². The van der Waals surface area contributed by atoms with E-state index in [0.717, 1.165) is 35.3 Å².